The van der Waals surface area contributed by atoms with Gasteiger partial charge in [0.15, 0.2) is 0 Å². The monoisotopic (exact) mass is 273 g/mol. The molecule has 0 aromatic rings. The fraction of sp³-hybridized carbons (Fsp3) is 1.00. The molecule has 0 aromatic carbocycles. The topological polar surface area (TPSA) is 43.1 Å². The summed E-state index contributed by atoms with van der Waals surface area (Å²) in [5.41, 5.74) is -1.01. The lowest BCUT2D eigenvalue weighted by Crippen LogP contribution is -2.44. The summed E-state index contributed by atoms with van der Waals surface area (Å²) in [5.74, 6) is 0. The van der Waals surface area contributed by atoms with Gasteiger partial charge in [0.05, 0.1) is 0 Å². The standard InChI is InChI=1S/C5H9Br2NO2/c1-4(2,8(9)10)5(3,6)7/h1-3H3. The Morgan fingerprint density at radius 3 is 1.60 bits per heavy atom. The number of nitrogens with zero attached hydrogens (tertiary/aromatic N) is 1. The van der Waals surface area contributed by atoms with E-state index in [2.05, 4.69) is 31.9 Å². The van der Waals surface area contributed by atoms with Crippen LogP contribution in [0.25, 0.3) is 0 Å². The fourth-order valence-corrected chi connectivity index (χ4v) is 0.450. The van der Waals surface area contributed by atoms with Crippen LogP contribution >= 0.6 is 31.9 Å². The van der Waals surface area contributed by atoms with Gasteiger partial charge < -0.3 is 0 Å². The maximum absolute atomic E-state index is 10.4. The zero-order valence-electron chi connectivity index (χ0n) is 6.02. The van der Waals surface area contributed by atoms with Crippen LogP contribution in [-0.2, 0) is 0 Å². The van der Waals surface area contributed by atoms with E-state index < -0.39 is 8.77 Å². The summed E-state index contributed by atoms with van der Waals surface area (Å²) in [7, 11) is 0. The molecule has 0 aliphatic rings. The van der Waals surface area contributed by atoms with Gasteiger partial charge in [0.25, 0.3) is 0 Å². The summed E-state index contributed by atoms with van der Waals surface area (Å²) in [4.78, 5) is 10.1. The minimum atomic E-state index is -1.01. The van der Waals surface area contributed by atoms with Crippen LogP contribution in [0.4, 0.5) is 0 Å². The molecule has 0 atom stereocenters. The third kappa shape index (κ3) is 1.92. The largest absolute Gasteiger partial charge is 0.264 e. The average Bonchev–Trinajstić information content (AvgIpc) is 1.62. The summed E-state index contributed by atoms with van der Waals surface area (Å²) in [6.07, 6.45) is 0. The molecule has 60 valence electrons. The Labute approximate surface area is 76.6 Å². The summed E-state index contributed by atoms with van der Waals surface area (Å²) in [6, 6.07) is 0. The molecule has 0 unspecified atom stereocenters. The first-order chi connectivity index (χ1) is 4.19. The predicted octanol–water partition coefficient (Wildman–Crippen LogP) is 2.55. The first-order valence-corrected chi connectivity index (χ1v) is 4.30. The van der Waals surface area contributed by atoms with E-state index in [1.54, 1.807) is 20.8 Å². The summed E-state index contributed by atoms with van der Waals surface area (Å²) in [5, 5.41) is 10.4. The van der Waals surface area contributed by atoms with Crippen LogP contribution in [0.5, 0.6) is 0 Å². The second-order valence-electron chi connectivity index (χ2n) is 2.70. The van der Waals surface area contributed by atoms with Crippen LogP contribution in [0.1, 0.15) is 20.8 Å². The van der Waals surface area contributed by atoms with E-state index in [4.69, 9.17) is 0 Å². The molecule has 0 amide bonds. The Kier molecular flexibility index (Phi) is 2.87. The normalized spacial score (nSPS) is 13.3. The number of alkyl halides is 2. The van der Waals surface area contributed by atoms with Crippen molar-refractivity contribution in [1.29, 1.82) is 0 Å². The maximum Gasteiger partial charge on any atom is 0.241 e. The molecule has 0 fully saturated rings. The lowest BCUT2D eigenvalue weighted by Gasteiger charge is -2.26. The van der Waals surface area contributed by atoms with Crippen molar-refractivity contribution in [2.45, 2.75) is 29.5 Å². The van der Waals surface area contributed by atoms with E-state index in [0.717, 1.165) is 0 Å². The number of nitro groups is 1. The number of hydrogen-bond donors (Lipinski definition) is 0. The third-order valence-electron chi connectivity index (χ3n) is 1.53. The van der Waals surface area contributed by atoms with Crippen molar-refractivity contribution >= 4 is 31.9 Å². The smallest absolute Gasteiger partial charge is 0.241 e. The predicted molar refractivity (Wildman–Crippen MR) is 47.3 cm³/mol. The van der Waals surface area contributed by atoms with Gasteiger partial charge in [-0.2, -0.15) is 0 Å². The molecule has 10 heavy (non-hydrogen) atoms. The first kappa shape index (κ1) is 10.4. The second kappa shape index (κ2) is 2.77. The molecule has 0 rings (SSSR count). The van der Waals surface area contributed by atoms with Gasteiger partial charge in [0.1, 0.15) is 3.23 Å². The molecule has 0 aromatic heterocycles. The van der Waals surface area contributed by atoms with Gasteiger partial charge in [-0.15, -0.1) is 0 Å². The molecular weight excluding hydrogens is 266 g/mol. The Bertz CT molecular complexity index is 150. The van der Waals surface area contributed by atoms with Crippen LogP contribution in [-0.4, -0.2) is 13.7 Å². The Morgan fingerprint density at radius 2 is 1.60 bits per heavy atom. The summed E-state index contributed by atoms with van der Waals surface area (Å²) < 4.78 is -0.656. The Hall–Kier alpha value is 0.360. The number of halogens is 2. The first-order valence-electron chi connectivity index (χ1n) is 2.72. The van der Waals surface area contributed by atoms with Gasteiger partial charge in [0, 0.05) is 18.8 Å². The van der Waals surface area contributed by atoms with Crippen LogP contribution in [0, 0.1) is 10.1 Å². The van der Waals surface area contributed by atoms with E-state index in [1.807, 2.05) is 0 Å². The third-order valence-corrected chi connectivity index (χ3v) is 3.47. The van der Waals surface area contributed by atoms with E-state index in [-0.39, 0.29) is 4.92 Å². The molecule has 0 aliphatic heterocycles. The molecule has 3 nitrogen and oxygen atoms in total. The van der Waals surface area contributed by atoms with Crippen LogP contribution in [0.2, 0.25) is 0 Å². The quantitative estimate of drug-likeness (QED) is 0.441. The average molecular weight is 275 g/mol. The van der Waals surface area contributed by atoms with Gasteiger partial charge in [-0.25, -0.2) is 0 Å². The minimum Gasteiger partial charge on any atom is -0.264 e. The van der Waals surface area contributed by atoms with Crippen molar-refractivity contribution in [3.63, 3.8) is 0 Å². The number of rotatable bonds is 2. The van der Waals surface area contributed by atoms with Crippen LogP contribution in [0.15, 0.2) is 0 Å². The maximum atomic E-state index is 10.4. The van der Waals surface area contributed by atoms with Crippen molar-refractivity contribution in [2.24, 2.45) is 0 Å². The highest BCUT2D eigenvalue weighted by Crippen LogP contribution is 2.38. The number of hydrogen-bond acceptors (Lipinski definition) is 2. The Balaban J connectivity index is 4.57. The highest BCUT2D eigenvalue weighted by atomic mass is 79.9. The lowest BCUT2D eigenvalue weighted by atomic mass is 10.0. The van der Waals surface area contributed by atoms with Gasteiger partial charge in [-0.05, 0) is 6.92 Å². The molecular formula is C5H9Br2NO2. The van der Waals surface area contributed by atoms with E-state index in [1.165, 1.54) is 0 Å². The molecule has 0 bridgehead atoms. The molecule has 0 spiro atoms. The molecule has 0 aliphatic carbocycles. The van der Waals surface area contributed by atoms with E-state index in [9.17, 15) is 10.1 Å². The van der Waals surface area contributed by atoms with Crippen molar-refractivity contribution in [3.05, 3.63) is 10.1 Å². The zero-order chi connectivity index (χ0) is 8.58. The van der Waals surface area contributed by atoms with Crippen molar-refractivity contribution in [2.75, 3.05) is 0 Å². The zero-order valence-corrected chi connectivity index (χ0v) is 9.19. The lowest BCUT2D eigenvalue weighted by molar-refractivity contribution is -0.560. The Morgan fingerprint density at radius 1 is 1.30 bits per heavy atom. The fourth-order valence-electron chi connectivity index (χ4n) is 0.160. The highest BCUT2D eigenvalue weighted by Gasteiger charge is 2.47. The molecule has 0 N–H and O–H groups in total. The van der Waals surface area contributed by atoms with Crippen LogP contribution in [0.3, 0.4) is 0 Å². The van der Waals surface area contributed by atoms with Gasteiger partial charge >= 0.3 is 0 Å². The highest BCUT2D eigenvalue weighted by molar-refractivity contribution is 9.25. The van der Waals surface area contributed by atoms with Gasteiger partial charge in [0.2, 0.25) is 5.54 Å². The summed E-state index contributed by atoms with van der Waals surface area (Å²) >= 11 is 6.35. The van der Waals surface area contributed by atoms with Crippen molar-refractivity contribution in [1.82, 2.24) is 0 Å². The van der Waals surface area contributed by atoms with Crippen molar-refractivity contribution < 1.29 is 4.92 Å². The van der Waals surface area contributed by atoms with E-state index >= 15 is 0 Å². The molecule has 0 saturated heterocycles. The van der Waals surface area contributed by atoms with Crippen molar-refractivity contribution in [3.8, 4) is 0 Å². The summed E-state index contributed by atoms with van der Waals surface area (Å²) in [6.45, 7) is 4.81. The van der Waals surface area contributed by atoms with E-state index in [0.29, 0.717) is 0 Å². The van der Waals surface area contributed by atoms with Gasteiger partial charge in [-0.1, -0.05) is 31.9 Å². The molecule has 5 heteroatoms. The molecule has 0 saturated carbocycles. The van der Waals surface area contributed by atoms with Crippen LogP contribution < -0.4 is 0 Å². The SMILES string of the molecule is CC(Br)(Br)C(C)(C)[N+](=O)[O-]. The molecule has 0 radical (unpaired) electrons. The van der Waals surface area contributed by atoms with Gasteiger partial charge in [-0.3, -0.25) is 10.1 Å². The minimum absolute atomic E-state index is 0.323. The second-order valence-corrected chi connectivity index (χ2v) is 6.94. The molecule has 0 heterocycles.